The van der Waals surface area contributed by atoms with Gasteiger partial charge in [0.25, 0.3) is 0 Å². The van der Waals surface area contributed by atoms with Gasteiger partial charge in [-0.05, 0) is 47.9 Å². The number of aromatic nitrogens is 6. The Balaban J connectivity index is 1.21. The Kier molecular flexibility index (Phi) is 2.56. The average Bonchev–Trinajstić information content (AvgIpc) is 3.34. The number of allylic oxidation sites excluding steroid dienone is 2. The monoisotopic (exact) mass is 504 g/mol. The second-order valence-electron chi connectivity index (χ2n) is 12.1. The van der Waals surface area contributed by atoms with E-state index in [9.17, 15) is 19.2 Å². The molecule has 186 valence electrons. The van der Waals surface area contributed by atoms with Crippen LogP contribution in [-0.4, -0.2) is 27.9 Å². The minimum Gasteiger partial charge on any atom is -0.245 e. The van der Waals surface area contributed by atoms with Crippen LogP contribution in [0.1, 0.15) is 24.2 Å². The summed E-state index contributed by atoms with van der Waals surface area (Å²) in [5, 5.41) is 0. The zero-order valence-electron chi connectivity index (χ0n) is 19.9. The van der Waals surface area contributed by atoms with Crippen molar-refractivity contribution in [2.24, 2.45) is 34.5 Å². The van der Waals surface area contributed by atoms with Gasteiger partial charge in [-0.15, -0.1) is 0 Å². The van der Waals surface area contributed by atoms with Crippen molar-refractivity contribution < 1.29 is 0 Å². The number of hydrogen-bond acceptors (Lipinski definition) is 4. The molecule has 0 radical (unpaired) electrons. The number of benzene rings is 2. The molecule has 2 spiro atoms. The number of para-hydroxylation sites is 2. The molecule has 6 heterocycles. The molecule has 0 N–H and O–H groups in total. The molecular weight excluding hydrogens is 484 g/mol. The Bertz CT molecular complexity index is 1950. The Morgan fingerprint density at radius 2 is 0.868 bits per heavy atom. The van der Waals surface area contributed by atoms with E-state index >= 15 is 0 Å². The van der Waals surface area contributed by atoms with Gasteiger partial charge in [-0.25, -0.2) is 47.0 Å². The van der Waals surface area contributed by atoms with E-state index < -0.39 is 0 Å². The summed E-state index contributed by atoms with van der Waals surface area (Å²) in [6, 6.07) is 17.2. The van der Waals surface area contributed by atoms with Crippen LogP contribution in [0.2, 0.25) is 0 Å². The second-order valence-corrected chi connectivity index (χ2v) is 12.1. The van der Waals surface area contributed by atoms with Gasteiger partial charge in [0.15, 0.2) is 0 Å². The highest BCUT2D eigenvalue weighted by Crippen LogP contribution is 3.06. The zero-order valence-corrected chi connectivity index (χ0v) is 19.9. The fraction of sp³-hybridized carbons (Fsp3) is 0.357. The van der Waals surface area contributed by atoms with E-state index in [0.29, 0.717) is 35.0 Å². The largest absolute Gasteiger partial charge is 0.352 e. The van der Waals surface area contributed by atoms with Crippen molar-refractivity contribution >= 4 is 0 Å². The topological polar surface area (TPSA) is 97.9 Å². The van der Waals surface area contributed by atoms with Gasteiger partial charge in [0.1, 0.15) is 0 Å². The highest BCUT2D eigenvalue weighted by molar-refractivity contribution is 5.55. The van der Waals surface area contributed by atoms with E-state index in [4.69, 9.17) is 0 Å². The molecule has 38 heavy (non-hydrogen) atoms. The normalized spacial score (nSPS) is 41.7. The van der Waals surface area contributed by atoms with E-state index in [1.807, 2.05) is 36.4 Å². The summed E-state index contributed by atoms with van der Waals surface area (Å²) in [7, 11) is 0. The lowest BCUT2D eigenvalue weighted by atomic mass is 9.03. The van der Waals surface area contributed by atoms with Gasteiger partial charge in [-0.1, -0.05) is 48.6 Å². The van der Waals surface area contributed by atoms with Gasteiger partial charge in [-0.3, -0.25) is 0 Å². The van der Waals surface area contributed by atoms with Gasteiger partial charge in [0, 0.05) is 10.8 Å². The molecule has 4 bridgehead atoms. The van der Waals surface area contributed by atoms with Gasteiger partial charge in [0.05, 0.1) is 35.5 Å². The van der Waals surface area contributed by atoms with Crippen molar-refractivity contribution in [2.75, 3.05) is 0 Å². The Morgan fingerprint density at radius 3 is 1.26 bits per heavy atom. The van der Waals surface area contributed by atoms with Crippen molar-refractivity contribution in [1.29, 1.82) is 0 Å². The van der Waals surface area contributed by atoms with E-state index in [-0.39, 0.29) is 57.8 Å². The Hall–Kier alpha value is -4.34. The first-order valence-corrected chi connectivity index (χ1v) is 13.3. The first-order chi connectivity index (χ1) is 18.6. The van der Waals surface area contributed by atoms with Crippen molar-refractivity contribution in [2.45, 2.75) is 24.2 Å². The quantitative estimate of drug-likeness (QED) is 0.379. The lowest BCUT2D eigenvalue weighted by Gasteiger charge is -3.03. The number of rotatable bonds is 2. The smallest absolute Gasteiger partial charge is 0.245 e. The Labute approximate surface area is 212 Å². The lowest BCUT2D eigenvalue weighted by molar-refractivity contribution is -0.575. The average molecular weight is 505 g/mol. The summed E-state index contributed by atoms with van der Waals surface area (Å²) in [5.74, 6) is 1.57. The van der Waals surface area contributed by atoms with E-state index in [2.05, 4.69) is 12.2 Å². The van der Waals surface area contributed by atoms with Crippen molar-refractivity contribution in [3.8, 4) is 11.4 Å². The third kappa shape index (κ3) is 1.33. The third-order valence-electron chi connectivity index (χ3n) is 11.8. The van der Waals surface area contributed by atoms with Crippen molar-refractivity contribution in [3.05, 3.63) is 115 Å². The van der Waals surface area contributed by atoms with Crippen LogP contribution in [0.25, 0.3) is 11.4 Å². The molecule has 2 aromatic carbocycles. The molecule has 0 unspecified atom stereocenters. The van der Waals surface area contributed by atoms with Crippen molar-refractivity contribution in [1.82, 2.24) is 27.9 Å². The third-order valence-corrected chi connectivity index (χ3v) is 11.8. The van der Waals surface area contributed by atoms with Crippen LogP contribution in [0.15, 0.2) is 92.0 Å². The maximum absolute atomic E-state index is 13.9. The molecular formula is C28H20N6O4. The summed E-state index contributed by atoms with van der Waals surface area (Å²) >= 11 is 0. The molecule has 10 heteroatoms. The van der Waals surface area contributed by atoms with Crippen LogP contribution >= 0.6 is 0 Å². The summed E-state index contributed by atoms with van der Waals surface area (Å²) in [5.41, 5.74) is -0.802. The fourth-order valence-electron chi connectivity index (χ4n) is 11.3. The zero-order chi connectivity index (χ0) is 25.0. The molecule has 0 amide bonds. The molecule has 13 rings (SSSR count). The molecule has 5 aliphatic carbocycles. The van der Waals surface area contributed by atoms with Crippen LogP contribution in [0, 0.1) is 34.5 Å². The maximum Gasteiger partial charge on any atom is 0.352 e. The highest BCUT2D eigenvalue weighted by atomic mass is 16.2. The Morgan fingerprint density at radius 1 is 0.500 bits per heavy atom. The number of nitrogens with zero attached hydrogens (tertiary/aromatic N) is 6. The van der Waals surface area contributed by atoms with Gasteiger partial charge in [0.2, 0.25) is 0 Å². The number of hydrogen-bond donors (Lipinski definition) is 0. The highest BCUT2D eigenvalue weighted by Gasteiger charge is 3.06. The first kappa shape index (κ1) is 18.8. The van der Waals surface area contributed by atoms with E-state index in [1.165, 1.54) is 9.13 Å². The van der Waals surface area contributed by atoms with Gasteiger partial charge < -0.3 is 0 Å². The molecule has 10 nitrogen and oxygen atoms in total. The molecule has 0 saturated heterocycles. The lowest BCUT2D eigenvalue weighted by Crippen LogP contribution is -3.04. The minimum atomic E-state index is -0.339. The standard InChI is InChI=1S/C28H20N6O4/c35-23-29(13-7-3-1-4-8-13)24(36)32-16-12-11-15(31(23)32)27-19-17-18-20(19)28(16,27)22(18)34-26(38)30(14-9-5-2-6-10-14)25(37)33(34)21(17)27/h1-12,15-22H/t15-,16+,17-,18-,19-,20-,21-,22+,27+,28+/m0/s1. The SMILES string of the molecule is O=c1n(-c2ccccc2)c(=O)n2n1[C@H]1C=C[C@@H]2[C@]23[C@H]4[C@@H]5[C@H]6[C@@H]4[C@@]12[C@H]6n1c(=O)n(-c2ccccc2)c(=O)n1[C@H]53. The second kappa shape index (κ2) is 5.16. The molecule has 4 saturated carbocycles. The minimum absolute atomic E-state index is 0.147. The van der Waals surface area contributed by atoms with E-state index in [0.717, 1.165) is 0 Å². The van der Waals surface area contributed by atoms with E-state index in [1.54, 1.807) is 43.0 Å². The van der Waals surface area contributed by atoms with Crippen LogP contribution < -0.4 is 22.8 Å². The maximum atomic E-state index is 13.9. The molecule has 4 fully saturated rings. The van der Waals surface area contributed by atoms with Crippen LogP contribution in [0.5, 0.6) is 0 Å². The molecule has 4 aromatic rings. The summed E-state index contributed by atoms with van der Waals surface area (Å²) < 4.78 is 9.38. The molecule has 4 aliphatic heterocycles. The molecule has 10 atom stereocenters. The molecule has 2 aromatic heterocycles. The van der Waals surface area contributed by atoms with Gasteiger partial charge in [-0.2, -0.15) is 0 Å². The van der Waals surface area contributed by atoms with Gasteiger partial charge >= 0.3 is 22.8 Å². The van der Waals surface area contributed by atoms with Crippen LogP contribution in [0.4, 0.5) is 0 Å². The van der Waals surface area contributed by atoms with Crippen LogP contribution in [0.3, 0.4) is 0 Å². The van der Waals surface area contributed by atoms with Crippen molar-refractivity contribution in [3.63, 3.8) is 0 Å². The molecule has 9 aliphatic rings. The summed E-state index contributed by atoms with van der Waals surface area (Å²) in [6.45, 7) is 0. The van der Waals surface area contributed by atoms with Crippen LogP contribution in [-0.2, 0) is 0 Å². The fourth-order valence-corrected chi connectivity index (χ4v) is 11.3. The predicted molar refractivity (Wildman–Crippen MR) is 133 cm³/mol. The first-order valence-electron chi connectivity index (χ1n) is 13.3. The summed E-state index contributed by atoms with van der Waals surface area (Å²) in [6.07, 6.45) is 4.20. The summed E-state index contributed by atoms with van der Waals surface area (Å²) in [4.78, 5) is 55.6. The predicted octanol–water partition coefficient (Wildman–Crippen LogP) is 0.868.